The number of rotatable bonds is 9. The molecule has 0 amide bonds. The molecule has 0 heterocycles. The Labute approximate surface area is 86.4 Å². The van der Waals surface area contributed by atoms with Gasteiger partial charge in [-0.1, -0.05) is 6.92 Å². The fraction of sp³-hybridized carbons (Fsp3) is 1.00. The molecular weight excluding hydrogens is 182 g/mol. The first-order valence-electron chi connectivity index (χ1n) is 5.12. The summed E-state index contributed by atoms with van der Waals surface area (Å²) in [5.74, 6) is 0. The van der Waals surface area contributed by atoms with Crippen LogP contribution in [0.3, 0.4) is 0 Å². The number of hydrogen-bond donors (Lipinski definition) is 2. The van der Waals surface area contributed by atoms with Crippen LogP contribution in [-0.4, -0.2) is 45.2 Å². The minimum absolute atomic E-state index is 0.133. The standard InChI is InChI=1S/C10H23NO3/c1-3-10(8-11,9-12)4-5-14-7-6-13-2/h12H,3-9,11H2,1-2H3. The van der Waals surface area contributed by atoms with Gasteiger partial charge < -0.3 is 20.3 Å². The first-order chi connectivity index (χ1) is 6.74. The maximum atomic E-state index is 9.22. The predicted octanol–water partition coefficient (Wildman–Crippen LogP) is 0.387. The molecule has 3 N–H and O–H groups in total. The Kier molecular flexibility index (Phi) is 8.08. The third-order valence-electron chi connectivity index (χ3n) is 2.73. The summed E-state index contributed by atoms with van der Waals surface area (Å²) in [6.45, 7) is 4.53. The van der Waals surface area contributed by atoms with Crippen LogP contribution in [-0.2, 0) is 9.47 Å². The summed E-state index contributed by atoms with van der Waals surface area (Å²) in [7, 11) is 1.65. The van der Waals surface area contributed by atoms with Gasteiger partial charge in [-0.3, -0.25) is 0 Å². The molecule has 1 atom stereocenters. The molecule has 0 saturated carbocycles. The summed E-state index contributed by atoms with van der Waals surface area (Å²) in [5.41, 5.74) is 5.47. The number of aliphatic hydroxyl groups excluding tert-OH is 1. The minimum atomic E-state index is -0.160. The quantitative estimate of drug-likeness (QED) is 0.534. The van der Waals surface area contributed by atoms with E-state index in [9.17, 15) is 5.11 Å². The molecule has 0 aliphatic rings. The van der Waals surface area contributed by atoms with Crippen LogP contribution in [0.4, 0.5) is 0 Å². The van der Waals surface area contributed by atoms with E-state index >= 15 is 0 Å². The summed E-state index contributed by atoms with van der Waals surface area (Å²) in [5, 5.41) is 9.22. The Morgan fingerprint density at radius 1 is 1.29 bits per heavy atom. The minimum Gasteiger partial charge on any atom is -0.396 e. The number of ether oxygens (including phenoxy) is 2. The van der Waals surface area contributed by atoms with Crippen LogP contribution in [0, 0.1) is 5.41 Å². The highest BCUT2D eigenvalue weighted by atomic mass is 16.5. The van der Waals surface area contributed by atoms with Crippen LogP contribution in [0.5, 0.6) is 0 Å². The van der Waals surface area contributed by atoms with E-state index in [-0.39, 0.29) is 12.0 Å². The highest BCUT2D eigenvalue weighted by molar-refractivity contribution is 4.77. The molecule has 0 bridgehead atoms. The second kappa shape index (κ2) is 8.17. The van der Waals surface area contributed by atoms with Crippen molar-refractivity contribution in [1.29, 1.82) is 0 Å². The summed E-state index contributed by atoms with van der Waals surface area (Å²) in [4.78, 5) is 0. The van der Waals surface area contributed by atoms with E-state index < -0.39 is 0 Å². The Hall–Kier alpha value is -0.160. The van der Waals surface area contributed by atoms with Crippen molar-refractivity contribution in [2.45, 2.75) is 19.8 Å². The Balaban J connectivity index is 3.61. The van der Waals surface area contributed by atoms with Crippen molar-refractivity contribution in [2.24, 2.45) is 11.1 Å². The van der Waals surface area contributed by atoms with E-state index in [0.29, 0.717) is 26.4 Å². The molecular formula is C10H23NO3. The van der Waals surface area contributed by atoms with E-state index in [1.54, 1.807) is 7.11 Å². The van der Waals surface area contributed by atoms with Gasteiger partial charge in [0.15, 0.2) is 0 Å². The maximum absolute atomic E-state index is 9.22. The van der Waals surface area contributed by atoms with Crippen LogP contribution in [0.1, 0.15) is 19.8 Å². The highest BCUT2D eigenvalue weighted by Crippen LogP contribution is 2.23. The lowest BCUT2D eigenvalue weighted by Gasteiger charge is -2.28. The van der Waals surface area contributed by atoms with Gasteiger partial charge in [-0.2, -0.15) is 0 Å². The first kappa shape index (κ1) is 13.8. The fourth-order valence-electron chi connectivity index (χ4n) is 1.21. The second-order valence-electron chi connectivity index (χ2n) is 3.57. The lowest BCUT2D eigenvalue weighted by Crippen LogP contribution is -2.35. The van der Waals surface area contributed by atoms with Gasteiger partial charge in [0.25, 0.3) is 0 Å². The molecule has 86 valence electrons. The fourth-order valence-corrected chi connectivity index (χ4v) is 1.21. The van der Waals surface area contributed by atoms with E-state index in [0.717, 1.165) is 12.8 Å². The summed E-state index contributed by atoms with van der Waals surface area (Å²) in [6, 6.07) is 0. The van der Waals surface area contributed by atoms with Crippen molar-refractivity contribution in [3.8, 4) is 0 Å². The Morgan fingerprint density at radius 2 is 2.00 bits per heavy atom. The number of aliphatic hydroxyl groups is 1. The molecule has 0 spiro atoms. The van der Waals surface area contributed by atoms with Gasteiger partial charge in [0.1, 0.15) is 0 Å². The monoisotopic (exact) mass is 205 g/mol. The van der Waals surface area contributed by atoms with E-state index in [2.05, 4.69) is 0 Å². The Morgan fingerprint density at radius 3 is 2.43 bits per heavy atom. The van der Waals surface area contributed by atoms with Crippen LogP contribution < -0.4 is 5.73 Å². The topological polar surface area (TPSA) is 64.7 Å². The molecule has 0 aliphatic heterocycles. The van der Waals surface area contributed by atoms with Crippen LogP contribution in [0.2, 0.25) is 0 Å². The highest BCUT2D eigenvalue weighted by Gasteiger charge is 2.24. The summed E-state index contributed by atoms with van der Waals surface area (Å²) in [6.07, 6.45) is 1.69. The maximum Gasteiger partial charge on any atom is 0.0700 e. The van der Waals surface area contributed by atoms with Crippen LogP contribution in [0.25, 0.3) is 0 Å². The van der Waals surface area contributed by atoms with Crippen LogP contribution in [0.15, 0.2) is 0 Å². The first-order valence-corrected chi connectivity index (χ1v) is 5.12. The zero-order chi connectivity index (χ0) is 10.9. The average molecular weight is 205 g/mol. The molecule has 1 unspecified atom stereocenters. The van der Waals surface area contributed by atoms with Crippen molar-refractivity contribution in [3.63, 3.8) is 0 Å². The third kappa shape index (κ3) is 4.91. The van der Waals surface area contributed by atoms with Crippen molar-refractivity contribution >= 4 is 0 Å². The van der Waals surface area contributed by atoms with Crippen LogP contribution >= 0.6 is 0 Å². The predicted molar refractivity (Wildman–Crippen MR) is 56.2 cm³/mol. The molecule has 0 rings (SSSR count). The Bertz CT molecular complexity index is 118. The van der Waals surface area contributed by atoms with E-state index in [4.69, 9.17) is 15.2 Å². The van der Waals surface area contributed by atoms with Crippen molar-refractivity contribution < 1.29 is 14.6 Å². The van der Waals surface area contributed by atoms with Gasteiger partial charge in [0.05, 0.1) is 13.2 Å². The largest absolute Gasteiger partial charge is 0.396 e. The number of methoxy groups -OCH3 is 1. The molecule has 0 fully saturated rings. The van der Waals surface area contributed by atoms with Crippen molar-refractivity contribution in [3.05, 3.63) is 0 Å². The molecule has 14 heavy (non-hydrogen) atoms. The molecule has 4 heteroatoms. The third-order valence-corrected chi connectivity index (χ3v) is 2.73. The summed E-state index contributed by atoms with van der Waals surface area (Å²) < 4.78 is 10.2. The second-order valence-corrected chi connectivity index (χ2v) is 3.57. The van der Waals surface area contributed by atoms with Crippen molar-refractivity contribution in [1.82, 2.24) is 0 Å². The molecule has 0 aromatic carbocycles. The van der Waals surface area contributed by atoms with Gasteiger partial charge in [-0.05, 0) is 12.8 Å². The molecule has 0 radical (unpaired) electrons. The van der Waals surface area contributed by atoms with Gasteiger partial charge >= 0.3 is 0 Å². The van der Waals surface area contributed by atoms with E-state index in [1.807, 2.05) is 6.92 Å². The molecule has 4 nitrogen and oxygen atoms in total. The van der Waals surface area contributed by atoms with Gasteiger partial charge in [-0.15, -0.1) is 0 Å². The average Bonchev–Trinajstić information content (AvgIpc) is 2.24. The molecule has 0 aromatic rings. The van der Waals surface area contributed by atoms with Gasteiger partial charge in [0.2, 0.25) is 0 Å². The number of nitrogens with two attached hydrogens (primary N) is 1. The smallest absolute Gasteiger partial charge is 0.0700 e. The normalized spacial score (nSPS) is 15.4. The zero-order valence-corrected chi connectivity index (χ0v) is 9.29. The van der Waals surface area contributed by atoms with E-state index in [1.165, 1.54) is 0 Å². The van der Waals surface area contributed by atoms with Gasteiger partial charge in [-0.25, -0.2) is 0 Å². The lowest BCUT2D eigenvalue weighted by molar-refractivity contribution is 0.0347. The zero-order valence-electron chi connectivity index (χ0n) is 9.29. The molecule has 0 saturated heterocycles. The lowest BCUT2D eigenvalue weighted by atomic mass is 9.83. The van der Waals surface area contributed by atoms with Crippen molar-refractivity contribution in [2.75, 3.05) is 40.1 Å². The summed E-state index contributed by atoms with van der Waals surface area (Å²) >= 11 is 0. The SMILES string of the molecule is CCC(CN)(CO)CCOCCOC. The number of hydrogen-bond acceptors (Lipinski definition) is 4. The molecule has 0 aliphatic carbocycles. The van der Waals surface area contributed by atoms with Gasteiger partial charge in [0, 0.05) is 32.3 Å². The molecule has 0 aromatic heterocycles.